The Kier molecular flexibility index (Phi) is 25.5. The molecule has 2 aromatic heterocycles. The van der Waals surface area contributed by atoms with Crippen LogP contribution in [-0.2, 0) is 50.9 Å². The molecule has 0 saturated heterocycles. The third kappa shape index (κ3) is 14.8. The second-order valence-electron chi connectivity index (χ2n) is 28.7. The monoisotopic (exact) mass is 1970 g/mol. The van der Waals surface area contributed by atoms with Crippen molar-refractivity contribution in [1.29, 1.82) is 31.6 Å². The summed E-state index contributed by atoms with van der Waals surface area (Å²) in [6.07, 6.45) is -19.6. The maximum absolute atomic E-state index is 16.4. The summed E-state index contributed by atoms with van der Waals surface area (Å²) in [5, 5.41) is 48.2. The molecule has 0 radical (unpaired) electrons. The molecule has 0 saturated carbocycles. The van der Waals surface area contributed by atoms with E-state index in [1.54, 1.807) is 0 Å². The van der Waals surface area contributed by atoms with E-state index in [2.05, 4.69) is 39.0 Å². The number of halogens is 36. The summed E-state index contributed by atoms with van der Waals surface area (Å²) >= 11 is 0. The normalized spacial score (nSPS) is 13.4. The van der Waals surface area contributed by atoms with Crippen molar-refractivity contribution in [3.63, 3.8) is 0 Å². The first-order valence-electron chi connectivity index (χ1n) is 36.6. The van der Waals surface area contributed by atoms with Crippen LogP contribution in [0.25, 0.3) is 131 Å². The Balaban J connectivity index is 0.000000178. The molecule has 140 heavy (non-hydrogen) atoms. The largest absolute Gasteiger partial charge is 0.525 e. The molecule has 6 aliphatic rings. The van der Waals surface area contributed by atoms with E-state index in [1.165, 1.54) is 24.3 Å². The lowest BCUT2D eigenvalue weighted by atomic mass is 9.85. The number of nitriles is 6. The summed E-state index contributed by atoms with van der Waals surface area (Å²) < 4.78 is 537. The number of rotatable bonds is 6. The molecule has 0 N–H and O–H groups in total. The van der Waals surface area contributed by atoms with Gasteiger partial charge in [0.1, 0.15) is 139 Å². The minimum atomic E-state index is -6.15. The number of pyridine rings is 2. The van der Waals surface area contributed by atoms with Gasteiger partial charge in [-0.05, 0) is 33.4 Å². The van der Waals surface area contributed by atoms with Crippen molar-refractivity contribution in [2.75, 3.05) is 0 Å². The van der Waals surface area contributed by atoms with Crippen LogP contribution >= 0.6 is 0 Å². The first kappa shape index (κ1) is 99.3. The van der Waals surface area contributed by atoms with E-state index < -0.39 is 436 Å². The number of hydrogen-bond acceptors (Lipinski definition) is 8. The third-order valence-electron chi connectivity index (χ3n) is 22.0. The lowest BCUT2D eigenvalue weighted by molar-refractivity contribution is -0.144. The SMILES string of the molecule is [C-]#[N+]C([N+]#[C-])=C1Cc2c(-c3c(F)c(F)c(C(F)(F)F)c(F)c3F)c3c(c(-c4c(F)c(F)c(C(F)(F)F)c(F)c4F)c2=C1F)CC(=C(C#N)C#N)C=3F.[C-]#[N+]C([N+]#[C-])=C1Cc2c(-c3c(F)c(F)cc(F)c3F)c3c(c(-c4c(F)c(F)cc(F)c4F)c2=C1F)CC(=C(C#N)C#N)C=3F.[C-]#[N+]C([N+]#[C-])=C1Cc2c(-c3c(F)c(F)nc(F)c3F)c3c(c(-c4c(F)c(F)nc(F)c4F)c2=C1F)CC(=C(C#N)C#N)C=3F. The van der Waals surface area contributed by atoms with Crippen molar-refractivity contribution in [2.45, 2.75) is 50.9 Å². The quantitative estimate of drug-likeness (QED) is 0.0515. The van der Waals surface area contributed by atoms with E-state index >= 15 is 79.0 Å². The van der Waals surface area contributed by atoms with E-state index in [-0.39, 0.29) is 12.1 Å². The average Bonchev–Trinajstić information content (AvgIpc) is 1.53. The van der Waals surface area contributed by atoms with Crippen molar-refractivity contribution in [2.24, 2.45) is 0 Å². The van der Waals surface area contributed by atoms with Gasteiger partial charge in [0.25, 0.3) is 23.8 Å². The van der Waals surface area contributed by atoms with Gasteiger partial charge in [0.2, 0.25) is 0 Å². The fourth-order valence-corrected chi connectivity index (χ4v) is 16.4. The van der Waals surface area contributed by atoms with Crippen LogP contribution in [0, 0.1) is 248 Å². The lowest BCUT2D eigenvalue weighted by Gasteiger charge is -2.20. The molecule has 0 unspecified atom stereocenters. The van der Waals surface area contributed by atoms with Gasteiger partial charge >= 0.3 is 29.8 Å². The van der Waals surface area contributed by atoms with Crippen LogP contribution in [0.15, 0.2) is 79.8 Å². The Morgan fingerprint density at radius 1 is 0.229 bits per heavy atom. The molecule has 6 aliphatic carbocycles. The zero-order valence-corrected chi connectivity index (χ0v) is 66.3. The predicted molar refractivity (Wildman–Crippen MR) is 399 cm³/mol. The summed E-state index contributed by atoms with van der Waals surface area (Å²) in [6, 6.07) is 7.14. The van der Waals surface area contributed by atoms with Gasteiger partial charge < -0.3 is 0 Å². The Bertz CT molecular complexity index is 7640. The summed E-state index contributed by atoms with van der Waals surface area (Å²) in [4.78, 5) is 21.3. The van der Waals surface area contributed by atoms with Crippen molar-refractivity contribution < 1.29 is 158 Å². The molecule has 0 fully saturated rings. The molecule has 2 heterocycles. The summed E-state index contributed by atoms with van der Waals surface area (Å²) in [7, 11) is 0. The van der Waals surface area contributed by atoms with Crippen LogP contribution in [-0.4, -0.2) is 9.97 Å². The second-order valence-corrected chi connectivity index (χ2v) is 28.7. The molecule has 0 aliphatic heterocycles. The van der Waals surface area contributed by atoms with Crippen molar-refractivity contribution >= 4 is 35.0 Å². The highest BCUT2D eigenvalue weighted by atomic mass is 19.4. The van der Waals surface area contributed by atoms with Gasteiger partial charge in [-0.15, -0.1) is 0 Å². The highest BCUT2D eigenvalue weighted by Gasteiger charge is 2.50. The zero-order chi connectivity index (χ0) is 104. The summed E-state index contributed by atoms with van der Waals surface area (Å²) in [5.41, 5.74) is -41.5. The number of aromatic nitrogens is 2. The molecular weight excluding hydrogens is 1960 g/mol. The van der Waals surface area contributed by atoms with Crippen LogP contribution in [0.5, 0.6) is 0 Å². The molecule has 7 aromatic carbocycles. The van der Waals surface area contributed by atoms with Crippen molar-refractivity contribution in [3.8, 4) is 103 Å². The number of nitrogens with zero attached hydrogens (tertiary/aromatic N) is 14. The van der Waals surface area contributed by atoms with Gasteiger partial charge in [0.05, 0.1) is 50.1 Å². The van der Waals surface area contributed by atoms with E-state index in [0.29, 0.717) is 0 Å². The van der Waals surface area contributed by atoms with Crippen LogP contribution in [0.2, 0.25) is 0 Å². The molecule has 14 nitrogen and oxygen atoms in total. The maximum Gasteiger partial charge on any atom is 0.525 e. The summed E-state index contributed by atoms with van der Waals surface area (Å²) in [5.74, 6) is -73.6. The number of fused-ring (bicyclic) bond motifs is 6. The van der Waals surface area contributed by atoms with Crippen LogP contribution < -0.4 is 31.3 Å². The third-order valence-corrected chi connectivity index (χ3v) is 22.0. The van der Waals surface area contributed by atoms with Crippen LogP contribution in [0.4, 0.5) is 158 Å². The fourth-order valence-electron chi connectivity index (χ4n) is 16.4. The molecule has 0 amide bonds. The molecule has 696 valence electrons. The molecule has 0 bridgehead atoms. The molecule has 0 spiro atoms. The Morgan fingerprint density at radius 2 is 0.386 bits per heavy atom. The van der Waals surface area contributed by atoms with Gasteiger partial charge in [-0.2, -0.15) is 115 Å². The Hall–Kier alpha value is -18.1. The number of alkyl halides is 6. The predicted octanol–water partition coefficient (Wildman–Crippen LogP) is 21.2. The molecule has 15 rings (SSSR count). The minimum Gasteiger partial charge on any atom is -0.207 e. The smallest absolute Gasteiger partial charge is 0.207 e. The fraction of sp³-hybridized carbons (Fsp3) is 0.0889. The standard InChI is InChI=1S/C32H4F16N4.C30H6F10N4.C28H4F10N6/c1-51-30(52-2)11-4-10-13(17-24(37)28(41)19(32(46,47)48)29(42)25(17)38)14-9(3-8(20(14)33)7(5-49)6-50)12(15(10)21(11)34)16-22(35)26(39)18(31(43,44)45)27(40)23(16)36;1-43-30(44-2)13-4-12-19(23-28(39)16(33)6-17(34)29(23)40)20-11(3-10(24(20)35)9(7-41)8-42)18(21(12)25(13)36)22-26(37)14(31)5-15(32)27(22)38;1-41-28(42-2)11-4-10-13(17-22(33)26(37)44-27(38)23(17)34)14-9(3-8(18(14)29)7(5-39)6-40)12(15(10)19(11)30)16-20(31)24(35)43-25(36)21(16)32/h3-4H2;5-6H,3-4H2;3-4H2. The zero-order valence-electron chi connectivity index (χ0n) is 66.3. The van der Waals surface area contributed by atoms with Crippen LogP contribution in [0.3, 0.4) is 0 Å². The minimum absolute atomic E-state index is 0.202. The maximum atomic E-state index is 16.4. The topological polar surface area (TPSA) is 195 Å². The molecule has 0 atom stereocenters. The highest BCUT2D eigenvalue weighted by Crippen LogP contribution is 2.51. The van der Waals surface area contributed by atoms with E-state index in [4.69, 9.17) is 39.4 Å². The first-order valence-corrected chi connectivity index (χ1v) is 36.6. The molecule has 50 heteroatoms. The van der Waals surface area contributed by atoms with Gasteiger partial charge in [0, 0.05) is 132 Å². The van der Waals surface area contributed by atoms with Gasteiger partial charge in [-0.3, -0.25) is 0 Å². The number of benzene rings is 7. The lowest BCUT2D eigenvalue weighted by Crippen LogP contribution is -2.27. The Labute approximate surface area is 750 Å². The highest BCUT2D eigenvalue weighted by molar-refractivity contribution is 5.95. The summed E-state index contributed by atoms with van der Waals surface area (Å²) in [6.45, 7) is 43.0. The molecule has 9 aromatic rings. The first-order chi connectivity index (χ1) is 65.8. The molecular formula is C90H14F36N14. The van der Waals surface area contributed by atoms with Crippen molar-refractivity contribution in [1.82, 2.24) is 9.97 Å². The van der Waals surface area contributed by atoms with Gasteiger partial charge in [0.15, 0.2) is 116 Å². The Morgan fingerprint density at radius 3 is 0.550 bits per heavy atom. The van der Waals surface area contributed by atoms with E-state index in [0.717, 1.165) is 12.1 Å². The number of hydrogen-bond donors (Lipinski definition) is 0. The van der Waals surface area contributed by atoms with Crippen molar-refractivity contribution in [3.05, 3.63) is 364 Å². The van der Waals surface area contributed by atoms with Crippen LogP contribution in [0.1, 0.15) is 44.5 Å². The van der Waals surface area contributed by atoms with E-state index in [9.17, 15) is 111 Å². The van der Waals surface area contributed by atoms with Gasteiger partial charge in [-0.25, -0.2) is 114 Å². The average molecular weight is 1980 g/mol. The van der Waals surface area contributed by atoms with E-state index in [1.807, 2.05) is 0 Å². The number of allylic oxidation sites excluding steroid dienone is 9. The van der Waals surface area contributed by atoms with Gasteiger partial charge in [-0.1, -0.05) is 0 Å². The second kappa shape index (κ2) is 35.9.